The van der Waals surface area contributed by atoms with E-state index in [1.165, 1.54) is 15.0 Å². The van der Waals surface area contributed by atoms with Gasteiger partial charge in [0.1, 0.15) is 0 Å². The van der Waals surface area contributed by atoms with E-state index in [1.807, 2.05) is 11.3 Å². The van der Waals surface area contributed by atoms with Gasteiger partial charge >= 0.3 is 21.7 Å². The molecule has 5 atom stereocenters. The number of rotatable bonds is 4. The number of allylic oxidation sites excluding steroid dienone is 1. The minimum Gasteiger partial charge on any atom is -0.659 e. The Morgan fingerprint density at radius 1 is 0.941 bits per heavy atom. The summed E-state index contributed by atoms with van der Waals surface area (Å²) in [5, 5.41) is 1.50. The summed E-state index contributed by atoms with van der Waals surface area (Å²) < 4.78 is 1.45. The Balaban J connectivity index is 0.00000272. The topological polar surface area (TPSA) is 14.1 Å². The third-order valence-corrected chi connectivity index (χ3v) is 12.5. The van der Waals surface area contributed by atoms with Crippen LogP contribution in [0.3, 0.4) is 0 Å². The second-order valence-corrected chi connectivity index (χ2v) is 17.7. The Kier molecular flexibility index (Phi) is 11.4. The Labute approximate surface area is 232 Å². The van der Waals surface area contributed by atoms with E-state index in [2.05, 4.69) is 98.0 Å². The van der Waals surface area contributed by atoms with Gasteiger partial charge in [-0.3, -0.25) is 0 Å². The molecule has 5 unspecified atom stereocenters. The van der Waals surface area contributed by atoms with E-state index in [1.54, 1.807) is 5.56 Å². The van der Waals surface area contributed by atoms with Crippen LogP contribution in [0.1, 0.15) is 71.2 Å². The predicted octanol–water partition coefficient (Wildman–Crippen LogP) is 10.4. The molecule has 0 bridgehead atoms. The molecule has 1 heterocycles. The molecule has 0 saturated heterocycles. The van der Waals surface area contributed by atoms with Crippen molar-refractivity contribution in [1.82, 2.24) is 0 Å². The molecular formula is C30H49NSSiTi. The van der Waals surface area contributed by atoms with Crippen molar-refractivity contribution in [2.75, 3.05) is 0 Å². The van der Waals surface area contributed by atoms with Gasteiger partial charge in [0.05, 0.1) is 0 Å². The van der Waals surface area contributed by atoms with Crippen LogP contribution >= 0.6 is 11.3 Å². The smallest absolute Gasteiger partial charge is 0.659 e. The molecule has 0 radical (unpaired) electrons. The van der Waals surface area contributed by atoms with Gasteiger partial charge in [0.15, 0.2) is 0 Å². The van der Waals surface area contributed by atoms with Crippen LogP contribution in [-0.2, 0) is 21.7 Å². The van der Waals surface area contributed by atoms with Crippen LogP contribution in [0.2, 0.25) is 18.6 Å². The monoisotopic (exact) mass is 531 g/mol. The Hall–Kier alpha value is -0.189. The second kappa shape index (κ2) is 11.5. The summed E-state index contributed by atoms with van der Waals surface area (Å²) in [5.41, 5.74) is 2.71. The summed E-state index contributed by atoms with van der Waals surface area (Å²) in [6, 6.07) is 9.04. The number of thiophene rings is 1. The molecule has 4 rings (SSSR count). The molecular weight excluding hydrogens is 482 g/mol. The summed E-state index contributed by atoms with van der Waals surface area (Å²) in [5.74, 6) is 2.70. The summed E-state index contributed by atoms with van der Waals surface area (Å²) >= 11 is 1.98. The summed E-state index contributed by atoms with van der Waals surface area (Å²) in [4.78, 5) is 7.20. The standard InChI is InChI=1S/C27H40NSSi.3CH3.Ti/c1-17-18(2)25(30(8,9)28-27(6,7)16-26(3,4)5)20-14-15-22-24(23(17)20)19-12-10-11-13-21(19)29-22;;;;/h10-15,17-18,20,23,25H,16H2,1-9H3;3*1H3;/q4*-1;+4. The largest absolute Gasteiger partial charge is 4.00 e. The van der Waals surface area contributed by atoms with Crippen LogP contribution in [0.4, 0.5) is 0 Å². The first-order valence-electron chi connectivity index (χ1n) is 11.7. The van der Waals surface area contributed by atoms with E-state index < -0.39 is 8.24 Å². The third kappa shape index (κ3) is 6.20. The van der Waals surface area contributed by atoms with Crippen molar-refractivity contribution < 1.29 is 21.7 Å². The molecule has 0 N–H and O–H groups in total. The van der Waals surface area contributed by atoms with Gasteiger partial charge in [0.2, 0.25) is 0 Å². The van der Waals surface area contributed by atoms with E-state index in [0.29, 0.717) is 34.6 Å². The van der Waals surface area contributed by atoms with Crippen LogP contribution in [-0.4, -0.2) is 13.8 Å². The first kappa shape index (κ1) is 33.8. The number of hydrogen-bond acceptors (Lipinski definition) is 1. The van der Waals surface area contributed by atoms with Crippen molar-refractivity contribution in [1.29, 1.82) is 0 Å². The molecule has 2 aliphatic rings. The van der Waals surface area contributed by atoms with E-state index in [0.717, 1.165) is 6.42 Å². The molecule has 188 valence electrons. The molecule has 1 aromatic heterocycles. The zero-order chi connectivity index (χ0) is 22.1. The first-order chi connectivity index (χ1) is 13.8. The Morgan fingerprint density at radius 2 is 1.53 bits per heavy atom. The Morgan fingerprint density at radius 3 is 2.12 bits per heavy atom. The molecule has 4 heteroatoms. The molecule has 0 amide bonds. The van der Waals surface area contributed by atoms with Crippen molar-refractivity contribution in [2.24, 2.45) is 23.2 Å². The summed E-state index contributed by atoms with van der Waals surface area (Å²) in [6.07, 6.45) is 6.17. The zero-order valence-corrected chi connectivity index (χ0v) is 27.3. The van der Waals surface area contributed by atoms with Crippen molar-refractivity contribution in [2.45, 2.75) is 85.0 Å². The maximum absolute atomic E-state index is 5.70. The van der Waals surface area contributed by atoms with Crippen LogP contribution in [0.25, 0.3) is 21.1 Å². The van der Waals surface area contributed by atoms with Crippen LogP contribution in [0.5, 0.6) is 0 Å². The maximum Gasteiger partial charge on any atom is 4.00 e. The average molecular weight is 532 g/mol. The van der Waals surface area contributed by atoms with Crippen LogP contribution in [0, 0.1) is 45.4 Å². The van der Waals surface area contributed by atoms with E-state index in [-0.39, 0.29) is 49.5 Å². The summed E-state index contributed by atoms with van der Waals surface area (Å²) in [6.45, 7) is 21.9. The fourth-order valence-electron chi connectivity index (χ4n) is 7.33. The van der Waals surface area contributed by atoms with Crippen LogP contribution < -0.4 is 0 Å². The van der Waals surface area contributed by atoms with Gasteiger partial charge in [0, 0.05) is 9.58 Å². The Bertz CT molecular complexity index is 968. The predicted molar refractivity (Wildman–Crippen MR) is 157 cm³/mol. The minimum absolute atomic E-state index is 0. The molecule has 1 fully saturated rings. The number of nitrogens with zero attached hydrogens (tertiary/aromatic N) is 1. The van der Waals surface area contributed by atoms with Crippen molar-refractivity contribution >= 4 is 35.7 Å². The molecule has 1 saturated carbocycles. The average Bonchev–Trinajstić information content (AvgIpc) is 3.07. The SMILES string of the molecule is CC1C(C)C([Si](C)(C)[N-]C(C)(C)CC(C)(C)C)C2C=Cc3sc4ccccc4c3C12.[CH3-].[CH3-].[CH3-].[Ti+4]. The van der Waals surface area contributed by atoms with Crippen molar-refractivity contribution in [3.63, 3.8) is 0 Å². The number of benzene rings is 1. The van der Waals surface area contributed by atoms with E-state index >= 15 is 0 Å². The number of hydrogen-bond donors (Lipinski definition) is 0. The normalized spacial score (nSPS) is 25.9. The quantitative estimate of drug-likeness (QED) is 0.275. The first-order valence-corrected chi connectivity index (χ1v) is 15.6. The third-order valence-electron chi connectivity index (χ3n) is 7.63. The van der Waals surface area contributed by atoms with Gasteiger partial charge in [-0.05, 0) is 52.2 Å². The fourth-order valence-corrected chi connectivity index (χ4v) is 13.1. The minimum atomic E-state index is -1.81. The van der Waals surface area contributed by atoms with Gasteiger partial charge in [-0.15, -0.1) is 16.9 Å². The number of fused-ring (bicyclic) bond motifs is 5. The van der Waals surface area contributed by atoms with Gasteiger partial charge in [-0.25, -0.2) is 0 Å². The van der Waals surface area contributed by atoms with Gasteiger partial charge in [-0.1, -0.05) is 106 Å². The van der Waals surface area contributed by atoms with E-state index in [9.17, 15) is 0 Å². The maximum atomic E-state index is 5.70. The molecule has 34 heavy (non-hydrogen) atoms. The molecule has 1 aromatic carbocycles. The zero-order valence-electron chi connectivity index (χ0n) is 23.9. The fraction of sp³-hybridized carbons (Fsp3) is 0.567. The second-order valence-electron chi connectivity index (χ2n) is 12.4. The molecule has 0 aliphatic heterocycles. The van der Waals surface area contributed by atoms with Crippen molar-refractivity contribution in [3.05, 3.63) is 68.0 Å². The van der Waals surface area contributed by atoms with Gasteiger partial charge in [-0.2, -0.15) is 0 Å². The molecule has 1 nitrogen and oxygen atoms in total. The van der Waals surface area contributed by atoms with Gasteiger partial charge in [0.25, 0.3) is 0 Å². The van der Waals surface area contributed by atoms with Crippen molar-refractivity contribution in [3.8, 4) is 0 Å². The van der Waals surface area contributed by atoms with E-state index in [4.69, 9.17) is 4.98 Å². The molecule has 2 aliphatic carbocycles. The summed E-state index contributed by atoms with van der Waals surface area (Å²) in [7, 11) is -1.81. The van der Waals surface area contributed by atoms with Gasteiger partial charge < -0.3 is 27.3 Å². The molecule has 2 aromatic rings. The molecule has 0 spiro atoms. The van der Waals surface area contributed by atoms with Crippen LogP contribution in [0.15, 0.2) is 30.3 Å².